The molecule has 31 heavy (non-hydrogen) atoms. The average Bonchev–Trinajstić information content (AvgIpc) is 3.28. The van der Waals surface area contributed by atoms with Gasteiger partial charge < -0.3 is 19.3 Å². The van der Waals surface area contributed by atoms with Gasteiger partial charge in [-0.2, -0.15) is 0 Å². The predicted molar refractivity (Wildman–Crippen MR) is 119 cm³/mol. The topological polar surface area (TPSA) is 60.8 Å². The predicted octanol–water partition coefficient (Wildman–Crippen LogP) is 5.21. The molecule has 5 heteroatoms. The maximum Gasteiger partial charge on any atom is 0.130 e. The molecule has 2 aromatic carbocycles. The molecule has 0 bridgehead atoms. The van der Waals surface area contributed by atoms with Gasteiger partial charge in [0.25, 0.3) is 0 Å². The minimum absolute atomic E-state index is 0.251. The molecule has 1 aliphatic carbocycles. The summed E-state index contributed by atoms with van der Waals surface area (Å²) in [5.41, 5.74) is 2.55. The van der Waals surface area contributed by atoms with Gasteiger partial charge >= 0.3 is 0 Å². The largest absolute Gasteiger partial charge is 0.493 e. The first-order valence-corrected chi connectivity index (χ1v) is 11.3. The number of aliphatic hydroxyl groups excluding tert-OH is 1. The summed E-state index contributed by atoms with van der Waals surface area (Å²) >= 11 is 0. The number of aromatic nitrogens is 1. The van der Waals surface area contributed by atoms with Crippen LogP contribution in [0.25, 0.3) is 10.9 Å². The molecule has 0 unspecified atom stereocenters. The van der Waals surface area contributed by atoms with Gasteiger partial charge in [0, 0.05) is 24.0 Å². The van der Waals surface area contributed by atoms with Crippen LogP contribution in [0.5, 0.6) is 11.5 Å². The molecule has 2 heterocycles. The van der Waals surface area contributed by atoms with E-state index in [4.69, 9.17) is 14.2 Å². The Kier molecular flexibility index (Phi) is 6.05. The van der Waals surface area contributed by atoms with Crippen molar-refractivity contribution in [2.75, 3.05) is 13.2 Å². The molecular formula is C26H29NO4. The molecule has 1 saturated carbocycles. The van der Waals surface area contributed by atoms with Gasteiger partial charge in [0.05, 0.1) is 23.9 Å². The second kappa shape index (κ2) is 9.25. The van der Waals surface area contributed by atoms with Crippen LogP contribution in [0.4, 0.5) is 0 Å². The van der Waals surface area contributed by atoms with Gasteiger partial charge in [0.1, 0.15) is 24.2 Å². The van der Waals surface area contributed by atoms with Crippen molar-refractivity contribution >= 4 is 10.9 Å². The zero-order valence-electron chi connectivity index (χ0n) is 17.7. The molecule has 0 amide bonds. The number of aliphatic hydroxyl groups is 1. The molecular weight excluding hydrogens is 390 g/mol. The van der Waals surface area contributed by atoms with E-state index in [2.05, 4.69) is 11.1 Å². The smallest absolute Gasteiger partial charge is 0.130 e. The fraction of sp³-hybridized carbons (Fsp3) is 0.423. The summed E-state index contributed by atoms with van der Waals surface area (Å²) in [6, 6.07) is 17.7. The number of ether oxygens (including phenoxy) is 3. The van der Waals surface area contributed by atoms with E-state index in [0.29, 0.717) is 37.1 Å². The van der Waals surface area contributed by atoms with E-state index in [9.17, 15) is 5.11 Å². The molecule has 2 aliphatic rings. The molecule has 3 aromatic rings. The molecule has 1 aromatic heterocycles. The van der Waals surface area contributed by atoms with Crippen LogP contribution in [0.3, 0.4) is 0 Å². The van der Waals surface area contributed by atoms with Gasteiger partial charge in [-0.25, -0.2) is 4.98 Å². The van der Waals surface area contributed by atoms with E-state index in [1.165, 1.54) is 25.7 Å². The molecule has 0 spiro atoms. The SMILES string of the molecule is O[C@H]1c2cc(OCc3ccc4ccccc4n3)ccc2OCC[C@@H]1OCC1CCCC1. The van der Waals surface area contributed by atoms with Crippen LogP contribution in [0.15, 0.2) is 54.6 Å². The fourth-order valence-electron chi connectivity index (χ4n) is 4.58. The Bertz CT molecular complexity index is 1030. The minimum atomic E-state index is -0.721. The number of hydrogen-bond donors (Lipinski definition) is 1. The zero-order chi connectivity index (χ0) is 21.0. The van der Waals surface area contributed by atoms with Crippen molar-refractivity contribution in [2.45, 2.75) is 50.9 Å². The van der Waals surface area contributed by atoms with Gasteiger partial charge in [-0.1, -0.05) is 37.1 Å². The molecule has 1 fully saturated rings. The van der Waals surface area contributed by atoms with Crippen molar-refractivity contribution in [2.24, 2.45) is 5.92 Å². The molecule has 1 N–H and O–H groups in total. The Morgan fingerprint density at radius 3 is 2.77 bits per heavy atom. The highest BCUT2D eigenvalue weighted by atomic mass is 16.5. The minimum Gasteiger partial charge on any atom is -0.493 e. The van der Waals surface area contributed by atoms with Crippen LogP contribution in [0.2, 0.25) is 0 Å². The van der Waals surface area contributed by atoms with Crippen molar-refractivity contribution in [3.8, 4) is 11.5 Å². The van der Waals surface area contributed by atoms with Gasteiger partial charge in [-0.05, 0) is 49.1 Å². The lowest BCUT2D eigenvalue weighted by molar-refractivity contribution is -0.0537. The zero-order valence-corrected chi connectivity index (χ0v) is 17.7. The van der Waals surface area contributed by atoms with Crippen LogP contribution in [0.1, 0.15) is 49.5 Å². The number of nitrogens with zero attached hydrogens (tertiary/aromatic N) is 1. The number of rotatable bonds is 6. The quantitative estimate of drug-likeness (QED) is 0.595. The fourth-order valence-corrected chi connectivity index (χ4v) is 4.58. The Morgan fingerprint density at radius 2 is 1.87 bits per heavy atom. The number of benzene rings is 2. The lowest BCUT2D eigenvalue weighted by Gasteiger charge is -2.23. The standard InChI is InChI=1S/C26H29NO4/c28-26-22-15-21(30-17-20-10-9-19-7-3-4-8-23(19)27-20)11-12-24(22)29-14-13-25(26)31-16-18-5-1-2-6-18/h3-4,7-12,15,18,25-26,28H,1-2,5-6,13-14,16-17H2/t25-,26-/m0/s1. The molecule has 0 saturated heterocycles. The summed E-state index contributed by atoms with van der Waals surface area (Å²) < 4.78 is 18.0. The Hall–Kier alpha value is -2.63. The molecule has 5 rings (SSSR count). The summed E-state index contributed by atoms with van der Waals surface area (Å²) in [4.78, 5) is 4.66. The monoisotopic (exact) mass is 419 g/mol. The van der Waals surface area contributed by atoms with E-state index < -0.39 is 6.10 Å². The third-order valence-corrected chi connectivity index (χ3v) is 6.38. The first-order valence-electron chi connectivity index (χ1n) is 11.3. The first kappa shape index (κ1) is 20.3. The van der Waals surface area contributed by atoms with Crippen LogP contribution < -0.4 is 9.47 Å². The molecule has 1 aliphatic heterocycles. The molecule has 0 radical (unpaired) electrons. The van der Waals surface area contributed by atoms with Gasteiger partial charge in [-0.15, -0.1) is 0 Å². The maximum absolute atomic E-state index is 11.0. The lowest BCUT2D eigenvalue weighted by Crippen LogP contribution is -2.24. The highest BCUT2D eigenvalue weighted by Gasteiger charge is 2.29. The van der Waals surface area contributed by atoms with Gasteiger partial charge in [-0.3, -0.25) is 0 Å². The van der Waals surface area contributed by atoms with Crippen molar-refractivity contribution in [1.29, 1.82) is 0 Å². The lowest BCUT2D eigenvalue weighted by atomic mass is 10.0. The number of hydrogen-bond acceptors (Lipinski definition) is 5. The summed E-state index contributed by atoms with van der Waals surface area (Å²) in [5, 5.41) is 12.1. The van der Waals surface area contributed by atoms with Crippen molar-refractivity contribution in [3.05, 3.63) is 65.9 Å². The molecule has 162 valence electrons. The first-order chi connectivity index (χ1) is 15.3. The second-order valence-electron chi connectivity index (χ2n) is 8.59. The number of para-hydroxylation sites is 1. The van der Waals surface area contributed by atoms with E-state index in [1.807, 2.05) is 48.5 Å². The van der Waals surface area contributed by atoms with E-state index in [1.54, 1.807) is 0 Å². The average molecular weight is 420 g/mol. The second-order valence-corrected chi connectivity index (χ2v) is 8.59. The number of fused-ring (bicyclic) bond motifs is 2. The van der Waals surface area contributed by atoms with Crippen LogP contribution >= 0.6 is 0 Å². The Morgan fingerprint density at radius 1 is 1.00 bits per heavy atom. The number of pyridine rings is 1. The van der Waals surface area contributed by atoms with E-state index in [0.717, 1.165) is 28.8 Å². The van der Waals surface area contributed by atoms with Crippen molar-refractivity contribution in [3.63, 3.8) is 0 Å². The maximum atomic E-state index is 11.0. The Balaban J connectivity index is 1.27. The Labute approximate surface area is 183 Å². The van der Waals surface area contributed by atoms with Crippen LogP contribution in [0, 0.1) is 5.92 Å². The highest BCUT2D eigenvalue weighted by Crippen LogP contribution is 2.36. The summed E-state index contributed by atoms with van der Waals surface area (Å²) in [5.74, 6) is 2.02. The highest BCUT2D eigenvalue weighted by molar-refractivity contribution is 5.78. The molecule has 2 atom stereocenters. The summed E-state index contributed by atoms with van der Waals surface area (Å²) in [6.07, 6.45) is 4.76. The van der Waals surface area contributed by atoms with Gasteiger partial charge in [0.15, 0.2) is 0 Å². The van der Waals surface area contributed by atoms with Crippen molar-refractivity contribution < 1.29 is 19.3 Å². The van der Waals surface area contributed by atoms with Crippen LogP contribution in [-0.2, 0) is 11.3 Å². The van der Waals surface area contributed by atoms with Crippen LogP contribution in [-0.4, -0.2) is 29.4 Å². The molecule has 5 nitrogen and oxygen atoms in total. The van der Waals surface area contributed by atoms with E-state index >= 15 is 0 Å². The normalized spacial score (nSPS) is 21.5. The third kappa shape index (κ3) is 4.68. The third-order valence-electron chi connectivity index (χ3n) is 6.38. The van der Waals surface area contributed by atoms with E-state index in [-0.39, 0.29) is 6.10 Å². The van der Waals surface area contributed by atoms with Gasteiger partial charge in [0.2, 0.25) is 0 Å². The summed E-state index contributed by atoms with van der Waals surface area (Å²) in [6.45, 7) is 1.63. The summed E-state index contributed by atoms with van der Waals surface area (Å²) in [7, 11) is 0. The van der Waals surface area contributed by atoms with Crippen molar-refractivity contribution in [1.82, 2.24) is 4.98 Å².